The molecule has 0 atom stereocenters. The molecule has 26 heavy (non-hydrogen) atoms. The van der Waals surface area contributed by atoms with E-state index in [1.54, 1.807) is 29.1 Å². The van der Waals surface area contributed by atoms with Gasteiger partial charge in [-0.15, -0.1) is 0 Å². The van der Waals surface area contributed by atoms with Crippen LogP contribution < -0.4 is 5.46 Å². The lowest BCUT2D eigenvalue weighted by atomic mass is 9.82. The lowest BCUT2D eigenvalue weighted by Gasteiger charge is -2.32. The second kappa shape index (κ2) is 6.72. The number of rotatable bonds is 4. The van der Waals surface area contributed by atoms with E-state index in [-0.39, 0.29) is 0 Å². The summed E-state index contributed by atoms with van der Waals surface area (Å²) in [4.78, 5) is 12.0. The second-order valence-corrected chi connectivity index (χ2v) is 7.79. The highest BCUT2D eigenvalue weighted by atomic mass is 35.5. The first-order valence-electron chi connectivity index (χ1n) is 8.38. The number of ether oxygens (including phenoxy) is 1. The minimum absolute atomic E-state index is 0.379. The van der Waals surface area contributed by atoms with Crippen LogP contribution in [0.25, 0.3) is 0 Å². The molecule has 0 amide bonds. The molecule has 0 N–H and O–H groups in total. The minimum atomic E-state index is -0.479. The molecule has 2 aromatic rings. The second-order valence-electron chi connectivity index (χ2n) is 7.35. The first kappa shape index (κ1) is 19.0. The van der Waals surface area contributed by atoms with Crippen LogP contribution in [-0.2, 0) is 20.6 Å². The SMILES string of the molecule is COC(=O)c1ccc(Cl)cc1Cn1cc(B2OC(C)(C)C(C)(C)O2)cn1. The molecular formula is C18H22BClN2O4. The molecule has 0 aliphatic carbocycles. The van der Waals surface area contributed by atoms with Crippen molar-refractivity contribution in [2.75, 3.05) is 7.11 Å². The number of aromatic nitrogens is 2. The largest absolute Gasteiger partial charge is 0.498 e. The average molecular weight is 377 g/mol. The van der Waals surface area contributed by atoms with E-state index in [1.807, 2.05) is 33.9 Å². The van der Waals surface area contributed by atoms with Gasteiger partial charge in [-0.05, 0) is 51.5 Å². The van der Waals surface area contributed by atoms with E-state index in [4.69, 9.17) is 25.6 Å². The van der Waals surface area contributed by atoms with Crippen molar-refractivity contribution in [2.24, 2.45) is 0 Å². The fraction of sp³-hybridized carbons (Fsp3) is 0.444. The van der Waals surface area contributed by atoms with Gasteiger partial charge in [-0.2, -0.15) is 5.10 Å². The van der Waals surface area contributed by atoms with E-state index >= 15 is 0 Å². The van der Waals surface area contributed by atoms with Gasteiger partial charge in [0.2, 0.25) is 0 Å². The molecule has 1 aliphatic heterocycles. The Labute approximate surface area is 158 Å². The molecule has 2 heterocycles. The fourth-order valence-electron chi connectivity index (χ4n) is 2.74. The molecule has 1 fully saturated rings. The van der Waals surface area contributed by atoms with Gasteiger partial charge in [-0.3, -0.25) is 4.68 Å². The highest BCUT2D eigenvalue weighted by molar-refractivity contribution is 6.62. The predicted molar refractivity (Wildman–Crippen MR) is 99.8 cm³/mol. The quantitative estimate of drug-likeness (QED) is 0.606. The number of methoxy groups -OCH3 is 1. The molecule has 1 aliphatic rings. The van der Waals surface area contributed by atoms with Crippen LogP contribution in [0.2, 0.25) is 5.02 Å². The summed E-state index contributed by atoms with van der Waals surface area (Å²) >= 11 is 6.08. The monoisotopic (exact) mass is 376 g/mol. The molecule has 1 aromatic carbocycles. The van der Waals surface area contributed by atoms with Crippen molar-refractivity contribution in [3.63, 3.8) is 0 Å². The van der Waals surface area contributed by atoms with Gasteiger partial charge in [0.1, 0.15) is 0 Å². The molecule has 6 nitrogen and oxygen atoms in total. The van der Waals surface area contributed by atoms with Crippen molar-refractivity contribution in [3.05, 3.63) is 46.7 Å². The summed E-state index contributed by atoms with van der Waals surface area (Å²) in [6.45, 7) is 8.40. The number of carbonyl (C=O) groups is 1. The Balaban J connectivity index is 1.82. The maximum Gasteiger partial charge on any atom is 0.498 e. The smallest absolute Gasteiger partial charge is 0.465 e. The number of esters is 1. The number of halogens is 1. The lowest BCUT2D eigenvalue weighted by Crippen LogP contribution is -2.41. The van der Waals surface area contributed by atoms with Crippen molar-refractivity contribution in [2.45, 2.75) is 45.4 Å². The summed E-state index contributed by atoms with van der Waals surface area (Å²) in [5.74, 6) is -0.407. The number of nitrogens with zero attached hydrogens (tertiary/aromatic N) is 2. The highest BCUT2D eigenvalue weighted by Crippen LogP contribution is 2.36. The first-order valence-corrected chi connectivity index (χ1v) is 8.75. The number of carbonyl (C=O) groups excluding carboxylic acids is 1. The Kier molecular flexibility index (Phi) is 4.90. The zero-order valence-electron chi connectivity index (χ0n) is 15.6. The van der Waals surface area contributed by atoms with E-state index < -0.39 is 24.3 Å². The normalized spacial score (nSPS) is 18.2. The van der Waals surface area contributed by atoms with Crippen LogP contribution in [0.4, 0.5) is 0 Å². The van der Waals surface area contributed by atoms with E-state index in [0.29, 0.717) is 17.1 Å². The van der Waals surface area contributed by atoms with Crippen molar-refractivity contribution in [3.8, 4) is 0 Å². The summed E-state index contributed by atoms with van der Waals surface area (Å²) in [6, 6.07) is 5.06. The molecule has 1 saturated heterocycles. The fourth-order valence-corrected chi connectivity index (χ4v) is 2.94. The Morgan fingerprint density at radius 2 is 1.92 bits per heavy atom. The maximum absolute atomic E-state index is 12.0. The van der Waals surface area contributed by atoms with Gasteiger partial charge in [0.25, 0.3) is 0 Å². The highest BCUT2D eigenvalue weighted by Gasteiger charge is 2.52. The van der Waals surface area contributed by atoms with Crippen LogP contribution in [0.5, 0.6) is 0 Å². The Morgan fingerprint density at radius 3 is 2.54 bits per heavy atom. The molecule has 8 heteroatoms. The molecule has 1 aromatic heterocycles. The molecule has 0 bridgehead atoms. The summed E-state index contributed by atoms with van der Waals surface area (Å²) in [7, 11) is 0.874. The summed E-state index contributed by atoms with van der Waals surface area (Å²) < 4.78 is 18.6. The summed E-state index contributed by atoms with van der Waals surface area (Å²) in [6.07, 6.45) is 3.56. The molecular weight excluding hydrogens is 354 g/mol. The van der Waals surface area contributed by atoms with E-state index in [2.05, 4.69) is 5.10 Å². The van der Waals surface area contributed by atoms with Crippen molar-refractivity contribution >= 4 is 30.2 Å². The van der Waals surface area contributed by atoms with Gasteiger partial charge in [0.05, 0.1) is 30.4 Å². The minimum Gasteiger partial charge on any atom is -0.465 e. The van der Waals surface area contributed by atoms with E-state index in [0.717, 1.165) is 11.0 Å². The van der Waals surface area contributed by atoms with Crippen LogP contribution in [0.3, 0.4) is 0 Å². The third-order valence-corrected chi connectivity index (χ3v) is 5.22. The van der Waals surface area contributed by atoms with Crippen molar-refractivity contribution < 1.29 is 18.8 Å². The van der Waals surface area contributed by atoms with Gasteiger partial charge < -0.3 is 14.0 Å². The zero-order valence-corrected chi connectivity index (χ0v) is 16.3. The van der Waals surface area contributed by atoms with Gasteiger partial charge in [0.15, 0.2) is 0 Å². The van der Waals surface area contributed by atoms with Crippen molar-refractivity contribution in [1.29, 1.82) is 0 Å². The maximum atomic E-state index is 12.0. The van der Waals surface area contributed by atoms with Crippen LogP contribution >= 0.6 is 11.6 Å². The number of hydrogen-bond donors (Lipinski definition) is 0. The van der Waals surface area contributed by atoms with Crippen LogP contribution in [0, 0.1) is 0 Å². The van der Waals surface area contributed by atoms with E-state index in [1.165, 1.54) is 7.11 Å². The number of benzene rings is 1. The van der Waals surface area contributed by atoms with Gasteiger partial charge in [-0.1, -0.05) is 11.6 Å². The first-order chi connectivity index (χ1) is 12.1. The van der Waals surface area contributed by atoms with Gasteiger partial charge in [-0.25, -0.2) is 4.79 Å². The summed E-state index contributed by atoms with van der Waals surface area (Å²) in [5.41, 5.74) is 1.19. The molecule has 0 radical (unpaired) electrons. The molecule has 0 unspecified atom stereocenters. The number of hydrogen-bond acceptors (Lipinski definition) is 5. The van der Waals surface area contributed by atoms with Gasteiger partial charge >= 0.3 is 13.1 Å². The molecule has 0 saturated carbocycles. The third-order valence-electron chi connectivity index (χ3n) is 4.98. The van der Waals surface area contributed by atoms with Crippen LogP contribution in [-0.4, -0.2) is 41.2 Å². The topological polar surface area (TPSA) is 62.6 Å². The zero-order chi connectivity index (χ0) is 19.1. The molecule has 138 valence electrons. The average Bonchev–Trinajstić information content (AvgIpc) is 3.09. The lowest BCUT2D eigenvalue weighted by molar-refractivity contribution is 0.00578. The molecule has 3 rings (SSSR count). The predicted octanol–water partition coefficient (Wildman–Crippen LogP) is 2.67. The van der Waals surface area contributed by atoms with E-state index in [9.17, 15) is 4.79 Å². The Hall–Kier alpha value is -1.83. The third kappa shape index (κ3) is 3.52. The van der Waals surface area contributed by atoms with Crippen molar-refractivity contribution in [1.82, 2.24) is 9.78 Å². The Morgan fingerprint density at radius 1 is 1.27 bits per heavy atom. The standard InChI is InChI=1S/C18H22BClN2O4/c1-17(2)18(3,4)26-19(25-17)13-9-21-22(11-13)10-12-8-14(20)6-7-15(12)16(23)24-5/h6-9,11H,10H2,1-5H3. The summed E-state index contributed by atoms with van der Waals surface area (Å²) in [5, 5.41) is 4.92. The Bertz CT molecular complexity index is 818. The van der Waals surface area contributed by atoms with Crippen LogP contribution in [0.15, 0.2) is 30.6 Å². The molecule has 0 spiro atoms. The van der Waals surface area contributed by atoms with Gasteiger partial charge in [0, 0.05) is 22.9 Å². The van der Waals surface area contributed by atoms with Crippen LogP contribution in [0.1, 0.15) is 43.6 Å².